The van der Waals surface area contributed by atoms with Gasteiger partial charge in [-0.1, -0.05) is 0 Å². The summed E-state index contributed by atoms with van der Waals surface area (Å²) in [4.78, 5) is 15.5. The van der Waals surface area contributed by atoms with Gasteiger partial charge in [0.1, 0.15) is 23.2 Å². The second kappa shape index (κ2) is 8.21. The number of anilines is 2. The van der Waals surface area contributed by atoms with Gasteiger partial charge < -0.3 is 14.7 Å². The van der Waals surface area contributed by atoms with Crippen molar-refractivity contribution in [2.24, 2.45) is 0 Å². The van der Waals surface area contributed by atoms with Crippen molar-refractivity contribution in [1.82, 2.24) is 0 Å². The molecule has 0 bridgehead atoms. The summed E-state index contributed by atoms with van der Waals surface area (Å²) in [6.07, 6.45) is -4.06. The summed E-state index contributed by atoms with van der Waals surface area (Å²) in [5.74, 6) is -1.32. The molecular formula is C23H19F4N3O3S. The standard InChI is InChI=1S/C23H19F4N3O3S/c1-22(2)20(32)29(18-9-16(23(25,26)27)13(10-28)8-17(18)24)21(34)30(22)14-4-6-19-12(7-14)3-5-15(11-31)33-19/h4,6-9,15,31H,3,5,11H2,1-2H3/t15-/m1/s1. The Labute approximate surface area is 197 Å². The molecule has 2 heterocycles. The zero-order valence-electron chi connectivity index (χ0n) is 18.1. The molecule has 0 unspecified atom stereocenters. The molecule has 178 valence electrons. The number of aliphatic hydroxyl groups excluding tert-OH is 1. The SMILES string of the molecule is CC1(C)C(=O)N(c2cc(C(F)(F)F)c(C#N)cc2F)C(=S)N1c1ccc2c(c1)CC[C@H](CO)O2. The van der Waals surface area contributed by atoms with Crippen LogP contribution in [0.3, 0.4) is 0 Å². The Morgan fingerprint density at radius 1 is 1.29 bits per heavy atom. The van der Waals surface area contributed by atoms with Crippen molar-refractivity contribution < 1.29 is 32.2 Å². The van der Waals surface area contributed by atoms with Crippen LogP contribution in [0.5, 0.6) is 5.75 Å². The molecule has 11 heteroatoms. The lowest BCUT2D eigenvalue weighted by atomic mass is 9.99. The lowest BCUT2D eigenvalue weighted by molar-refractivity contribution is -0.137. The van der Waals surface area contributed by atoms with Crippen LogP contribution in [0.2, 0.25) is 0 Å². The first-order chi connectivity index (χ1) is 15.9. The highest BCUT2D eigenvalue weighted by Gasteiger charge is 2.51. The Morgan fingerprint density at radius 2 is 2.00 bits per heavy atom. The van der Waals surface area contributed by atoms with E-state index in [1.165, 1.54) is 24.8 Å². The van der Waals surface area contributed by atoms with Gasteiger partial charge in [0.05, 0.1) is 29.5 Å². The van der Waals surface area contributed by atoms with Crippen molar-refractivity contribution in [3.63, 3.8) is 0 Å². The molecule has 34 heavy (non-hydrogen) atoms. The normalized spacial score (nSPS) is 19.6. The van der Waals surface area contributed by atoms with E-state index in [0.29, 0.717) is 36.4 Å². The predicted octanol–water partition coefficient (Wildman–Crippen LogP) is 4.32. The third-order valence-corrected chi connectivity index (χ3v) is 6.32. The summed E-state index contributed by atoms with van der Waals surface area (Å²) < 4.78 is 61.0. The van der Waals surface area contributed by atoms with Crippen molar-refractivity contribution in [1.29, 1.82) is 5.26 Å². The molecule has 2 aliphatic heterocycles. The van der Waals surface area contributed by atoms with Gasteiger partial charge >= 0.3 is 6.18 Å². The lowest BCUT2D eigenvalue weighted by Gasteiger charge is -2.31. The molecule has 1 fully saturated rings. The highest BCUT2D eigenvalue weighted by atomic mass is 32.1. The van der Waals surface area contributed by atoms with Gasteiger partial charge in [0, 0.05) is 5.69 Å². The maximum Gasteiger partial charge on any atom is 0.417 e. The molecule has 4 rings (SSSR count). The van der Waals surface area contributed by atoms with Crippen LogP contribution in [0.15, 0.2) is 30.3 Å². The number of ether oxygens (including phenoxy) is 1. The van der Waals surface area contributed by atoms with Gasteiger partial charge in [-0.05, 0) is 74.8 Å². The fourth-order valence-corrected chi connectivity index (χ4v) is 4.71. The number of benzene rings is 2. The van der Waals surface area contributed by atoms with Gasteiger partial charge in [0.25, 0.3) is 5.91 Å². The number of aliphatic hydroxyl groups is 1. The van der Waals surface area contributed by atoms with E-state index in [1.54, 1.807) is 18.2 Å². The average Bonchev–Trinajstić information content (AvgIpc) is 2.95. The number of hydrogen-bond acceptors (Lipinski definition) is 5. The Balaban J connectivity index is 1.78. The third-order valence-electron chi connectivity index (χ3n) is 5.96. The molecule has 1 saturated heterocycles. The fraction of sp³-hybridized carbons (Fsp3) is 0.348. The van der Waals surface area contributed by atoms with E-state index in [-0.39, 0.29) is 17.8 Å². The largest absolute Gasteiger partial charge is 0.488 e. The molecule has 0 aromatic heterocycles. The second-order valence-electron chi connectivity index (χ2n) is 8.53. The molecule has 6 nitrogen and oxygen atoms in total. The van der Waals surface area contributed by atoms with Crippen LogP contribution in [0.4, 0.5) is 28.9 Å². The highest BCUT2D eigenvalue weighted by molar-refractivity contribution is 7.81. The smallest absolute Gasteiger partial charge is 0.417 e. The van der Waals surface area contributed by atoms with Gasteiger partial charge in [-0.25, -0.2) is 4.39 Å². The van der Waals surface area contributed by atoms with Crippen molar-refractivity contribution in [3.8, 4) is 11.8 Å². The number of rotatable bonds is 3. The molecule has 2 aliphatic rings. The first-order valence-corrected chi connectivity index (χ1v) is 10.7. The van der Waals surface area contributed by atoms with Gasteiger partial charge in [-0.15, -0.1) is 0 Å². The van der Waals surface area contributed by atoms with Crippen LogP contribution < -0.4 is 14.5 Å². The van der Waals surface area contributed by atoms with Crippen molar-refractivity contribution in [3.05, 3.63) is 52.8 Å². The van der Waals surface area contributed by atoms with Gasteiger partial charge in [0.15, 0.2) is 5.11 Å². The van der Waals surface area contributed by atoms with Gasteiger partial charge in [0.2, 0.25) is 0 Å². The monoisotopic (exact) mass is 493 g/mol. The van der Waals surface area contributed by atoms with E-state index in [9.17, 15) is 27.5 Å². The van der Waals surface area contributed by atoms with Crippen LogP contribution in [-0.2, 0) is 17.4 Å². The summed E-state index contributed by atoms with van der Waals surface area (Å²) in [6.45, 7) is 2.95. The summed E-state index contributed by atoms with van der Waals surface area (Å²) in [6, 6.07) is 7.29. The number of aryl methyl sites for hydroxylation is 1. The zero-order chi connectivity index (χ0) is 25.0. The molecule has 2 aromatic carbocycles. The molecule has 2 aromatic rings. The maximum absolute atomic E-state index is 14.9. The fourth-order valence-electron chi connectivity index (χ4n) is 4.20. The van der Waals surface area contributed by atoms with Gasteiger partial charge in [-0.3, -0.25) is 9.69 Å². The quantitative estimate of drug-likeness (QED) is 0.507. The molecule has 0 radical (unpaired) electrons. The first-order valence-electron chi connectivity index (χ1n) is 10.3. The number of amides is 1. The number of thiocarbonyl (C=S) groups is 1. The number of halogens is 4. The van der Waals surface area contributed by atoms with Crippen molar-refractivity contribution in [2.45, 2.75) is 44.5 Å². The van der Waals surface area contributed by atoms with Crippen LogP contribution in [0, 0.1) is 17.1 Å². The summed E-state index contributed by atoms with van der Waals surface area (Å²) in [7, 11) is 0. The predicted molar refractivity (Wildman–Crippen MR) is 119 cm³/mol. The lowest BCUT2D eigenvalue weighted by Crippen LogP contribution is -2.44. The Kier molecular flexibility index (Phi) is 5.78. The average molecular weight is 493 g/mol. The van der Waals surface area contributed by atoms with E-state index >= 15 is 0 Å². The van der Waals surface area contributed by atoms with Crippen molar-refractivity contribution in [2.75, 3.05) is 16.4 Å². The van der Waals surface area contributed by atoms with Crippen LogP contribution in [-0.4, -0.2) is 34.4 Å². The topological polar surface area (TPSA) is 76.8 Å². The minimum absolute atomic E-state index is 0.121. The van der Waals surface area contributed by atoms with E-state index in [1.807, 2.05) is 0 Å². The van der Waals surface area contributed by atoms with E-state index in [4.69, 9.17) is 22.2 Å². The Hall–Kier alpha value is -3.23. The zero-order valence-corrected chi connectivity index (χ0v) is 18.9. The van der Waals surface area contributed by atoms with E-state index in [2.05, 4.69) is 0 Å². The number of fused-ring (bicyclic) bond motifs is 1. The molecule has 1 N–H and O–H groups in total. The molecule has 0 aliphatic carbocycles. The summed E-state index contributed by atoms with van der Waals surface area (Å²) >= 11 is 5.46. The van der Waals surface area contributed by atoms with Gasteiger partial charge in [-0.2, -0.15) is 18.4 Å². The summed E-state index contributed by atoms with van der Waals surface area (Å²) in [5.41, 5.74) is -2.96. The number of nitrogens with zero attached hydrogens (tertiary/aromatic N) is 3. The molecule has 0 spiro atoms. The third kappa shape index (κ3) is 3.76. The molecule has 1 atom stereocenters. The Bertz CT molecular complexity index is 1240. The minimum Gasteiger partial charge on any atom is -0.488 e. The molecule has 1 amide bonds. The number of carbonyl (C=O) groups excluding carboxylic acids is 1. The van der Waals surface area contributed by atoms with E-state index < -0.39 is 40.3 Å². The molecular weight excluding hydrogens is 474 g/mol. The second-order valence-corrected chi connectivity index (χ2v) is 8.89. The minimum atomic E-state index is -4.93. The number of alkyl halides is 3. The maximum atomic E-state index is 14.9. The van der Waals surface area contributed by atoms with Crippen LogP contribution in [0.1, 0.15) is 37.0 Å². The number of hydrogen-bond donors (Lipinski definition) is 1. The molecule has 0 saturated carbocycles. The van der Waals surface area contributed by atoms with Crippen LogP contribution in [0.25, 0.3) is 0 Å². The van der Waals surface area contributed by atoms with Crippen LogP contribution >= 0.6 is 12.2 Å². The Morgan fingerprint density at radius 3 is 2.62 bits per heavy atom. The van der Waals surface area contributed by atoms with Crippen molar-refractivity contribution >= 4 is 34.6 Å². The highest BCUT2D eigenvalue weighted by Crippen LogP contribution is 2.42. The first kappa shape index (κ1) is 23.9. The number of carbonyl (C=O) groups is 1. The summed E-state index contributed by atoms with van der Waals surface area (Å²) in [5, 5.41) is 18.1. The number of nitriles is 1. The van der Waals surface area contributed by atoms with E-state index in [0.717, 1.165) is 10.5 Å².